The van der Waals surface area contributed by atoms with Gasteiger partial charge in [0.15, 0.2) is 5.75 Å². The number of benzene rings is 1. The van der Waals surface area contributed by atoms with Crippen molar-refractivity contribution in [1.29, 1.82) is 0 Å². The molecule has 0 unspecified atom stereocenters. The molecule has 1 aliphatic heterocycles. The van der Waals surface area contributed by atoms with Gasteiger partial charge in [0.1, 0.15) is 11.9 Å². The van der Waals surface area contributed by atoms with E-state index in [1.54, 1.807) is 31.5 Å². The second kappa shape index (κ2) is 13.2. The lowest BCUT2D eigenvalue weighted by molar-refractivity contribution is -0.155. The molecule has 3 aromatic heterocycles. The van der Waals surface area contributed by atoms with Crippen molar-refractivity contribution in [2.75, 3.05) is 41.0 Å². The first-order chi connectivity index (χ1) is 20.4. The van der Waals surface area contributed by atoms with Crippen LogP contribution in [0.3, 0.4) is 0 Å². The maximum absolute atomic E-state index is 14.0. The molecule has 4 heterocycles. The van der Waals surface area contributed by atoms with E-state index in [2.05, 4.69) is 9.97 Å². The molecule has 11 heteroatoms. The van der Waals surface area contributed by atoms with Crippen LogP contribution in [0.5, 0.6) is 11.6 Å². The van der Waals surface area contributed by atoms with Gasteiger partial charge in [-0.25, -0.2) is 14.6 Å². The van der Waals surface area contributed by atoms with Gasteiger partial charge in [-0.15, -0.1) is 0 Å². The van der Waals surface area contributed by atoms with Gasteiger partial charge in [0.2, 0.25) is 5.95 Å². The predicted octanol–water partition coefficient (Wildman–Crippen LogP) is 4.55. The number of carbonyl (C=O) groups excluding carboxylic acids is 1. The van der Waals surface area contributed by atoms with Crippen LogP contribution >= 0.6 is 0 Å². The van der Waals surface area contributed by atoms with Crippen LogP contribution in [0.15, 0.2) is 60.9 Å². The first-order valence-corrected chi connectivity index (χ1v) is 13.7. The average molecular weight is 576 g/mol. The van der Waals surface area contributed by atoms with Crippen molar-refractivity contribution < 1.29 is 28.2 Å². The molecular weight excluding hydrogens is 541 g/mol. The zero-order valence-corrected chi connectivity index (χ0v) is 24.1. The summed E-state index contributed by atoms with van der Waals surface area (Å²) in [6.45, 7) is 3.48. The summed E-state index contributed by atoms with van der Waals surface area (Å²) < 4.78 is 31.8. The zero-order valence-electron chi connectivity index (χ0n) is 24.1. The van der Waals surface area contributed by atoms with Gasteiger partial charge in [-0.3, -0.25) is 9.63 Å². The van der Waals surface area contributed by atoms with E-state index in [0.29, 0.717) is 42.6 Å². The highest BCUT2D eigenvalue weighted by Crippen LogP contribution is 2.37. The van der Waals surface area contributed by atoms with Crippen LogP contribution in [0.2, 0.25) is 0 Å². The summed E-state index contributed by atoms with van der Waals surface area (Å²) in [6.07, 6.45) is 3.01. The van der Waals surface area contributed by atoms with Crippen LogP contribution in [0.25, 0.3) is 16.9 Å². The molecule has 10 nitrogen and oxygen atoms in total. The normalized spacial score (nSPS) is 17.0. The van der Waals surface area contributed by atoms with E-state index >= 15 is 0 Å². The number of hydroxylamine groups is 2. The van der Waals surface area contributed by atoms with E-state index in [1.807, 2.05) is 48.0 Å². The fraction of sp³-hybridized carbons (Fsp3) is 0.355. The average Bonchev–Trinajstić information content (AvgIpc) is 3.56. The number of nitrogens with zero attached hydrogens (tertiary/aromatic N) is 5. The second-order valence-electron chi connectivity index (χ2n) is 10.1. The van der Waals surface area contributed by atoms with E-state index < -0.39 is 12.1 Å². The highest BCUT2D eigenvalue weighted by Gasteiger charge is 2.37. The van der Waals surface area contributed by atoms with Gasteiger partial charge < -0.3 is 14.2 Å². The van der Waals surface area contributed by atoms with Crippen molar-refractivity contribution >= 4 is 5.78 Å². The van der Waals surface area contributed by atoms with Crippen molar-refractivity contribution in [3.63, 3.8) is 0 Å². The number of pyridine rings is 2. The van der Waals surface area contributed by atoms with Crippen molar-refractivity contribution in [2.45, 2.75) is 25.9 Å². The molecule has 1 aromatic carbocycles. The number of Topliss-reactive ketones (excluding diaryl/α,β-unsaturated/α-hetero) is 1. The van der Waals surface area contributed by atoms with Gasteiger partial charge in [-0.05, 0) is 48.4 Å². The van der Waals surface area contributed by atoms with Gasteiger partial charge in [0, 0.05) is 56.9 Å². The second-order valence-corrected chi connectivity index (χ2v) is 10.1. The first kappa shape index (κ1) is 29.3. The fourth-order valence-corrected chi connectivity index (χ4v) is 5.29. The first-order valence-electron chi connectivity index (χ1n) is 13.7. The molecule has 0 radical (unpaired) electrons. The van der Waals surface area contributed by atoms with Gasteiger partial charge in [-0.1, -0.05) is 18.2 Å². The van der Waals surface area contributed by atoms with Crippen LogP contribution in [0.1, 0.15) is 29.3 Å². The molecule has 1 saturated heterocycles. The lowest BCUT2D eigenvalue weighted by atomic mass is 9.91. The minimum atomic E-state index is -0.587. The Morgan fingerprint density at radius 1 is 1.10 bits per heavy atom. The molecule has 0 aliphatic carbocycles. The highest BCUT2D eigenvalue weighted by atomic mass is 19.1. The van der Waals surface area contributed by atoms with Gasteiger partial charge in [0.05, 0.1) is 37.9 Å². The minimum Gasteiger partial charge on any atom is -0.491 e. The Morgan fingerprint density at radius 2 is 1.90 bits per heavy atom. The number of hydrogen-bond acceptors (Lipinski definition) is 9. The number of rotatable bonds is 12. The van der Waals surface area contributed by atoms with Crippen LogP contribution < -0.4 is 9.47 Å². The summed E-state index contributed by atoms with van der Waals surface area (Å²) in [5, 5.41) is 6.70. The number of para-hydroxylation sites is 1. The van der Waals surface area contributed by atoms with Gasteiger partial charge in [-0.2, -0.15) is 14.6 Å². The molecule has 4 aromatic rings. The Kier molecular flexibility index (Phi) is 9.21. The van der Waals surface area contributed by atoms with Crippen molar-refractivity contribution in [2.24, 2.45) is 5.92 Å². The Morgan fingerprint density at radius 3 is 2.62 bits per heavy atom. The Labute approximate surface area is 244 Å². The summed E-state index contributed by atoms with van der Waals surface area (Å²) in [6, 6.07) is 14.6. The number of methoxy groups -OCH3 is 3. The predicted molar refractivity (Wildman–Crippen MR) is 153 cm³/mol. The zero-order chi connectivity index (χ0) is 29.6. The summed E-state index contributed by atoms with van der Waals surface area (Å²) in [5.41, 5.74) is 4.55. The molecule has 0 saturated carbocycles. The van der Waals surface area contributed by atoms with Crippen LogP contribution in [-0.4, -0.2) is 71.6 Å². The molecule has 0 amide bonds. The summed E-state index contributed by atoms with van der Waals surface area (Å²) in [7, 11) is 4.71. The lowest BCUT2D eigenvalue weighted by Crippen LogP contribution is -2.24. The third kappa shape index (κ3) is 6.33. The molecular formula is C31H34FN5O5. The molecule has 2 atom stereocenters. The Bertz CT molecular complexity index is 1530. The Hall–Kier alpha value is -4.19. The molecule has 0 bridgehead atoms. The number of ether oxygens (including phenoxy) is 3. The number of halogens is 1. The third-order valence-electron chi connectivity index (χ3n) is 7.36. The van der Waals surface area contributed by atoms with Crippen molar-refractivity contribution in [1.82, 2.24) is 24.8 Å². The molecule has 0 N–H and O–H groups in total. The van der Waals surface area contributed by atoms with E-state index in [1.165, 1.54) is 19.4 Å². The summed E-state index contributed by atoms with van der Waals surface area (Å²) >= 11 is 0. The minimum absolute atomic E-state index is 0.0221. The van der Waals surface area contributed by atoms with Crippen molar-refractivity contribution in [3.8, 4) is 28.6 Å². The fourth-order valence-electron chi connectivity index (χ4n) is 5.29. The molecule has 42 heavy (non-hydrogen) atoms. The topological polar surface area (TPSA) is 101 Å². The number of ketones is 1. The van der Waals surface area contributed by atoms with E-state index in [0.717, 1.165) is 22.5 Å². The maximum Gasteiger partial charge on any atom is 0.256 e. The highest BCUT2D eigenvalue weighted by molar-refractivity contribution is 5.82. The van der Waals surface area contributed by atoms with Crippen LogP contribution in [0.4, 0.5) is 4.39 Å². The van der Waals surface area contributed by atoms with E-state index in [9.17, 15) is 9.18 Å². The molecule has 5 rings (SSSR count). The van der Waals surface area contributed by atoms with Crippen LogP contribution in [-0.2, 0) is 20.8 Å². The summed E-state index contributed by atoms with van der Waals surface area (Å²) in [5.74, 6) is 0.113. The monoisotopic (exact) mass is 575 g/mol. The largest absolute Gasteiger partial charge is 0.491 e. The van der Waals surface area contributed by atoms with Gasteiger partial charge in [0.25, 0.3) is 5.88 Å². The standard InChI is InChI=1S/C31H34FN5O5/c1-20-26(17-25(38)14-23-19-36(12-13-39-2)42-30(23)21-10-11-33-28(32)16-21)37(24-8-6-5-7-9-24)35-29(20)22-15-27(40-3)31(41-4)34-18-22/h5-11,15-16,18,23,30H,12-14,17,19H2,1-4H3/t23-,30+/m1/s1. The Balaban J connectivity index is 1.45. The quantitative estimate of drug-likeness (QED) is 0.225. The summed E-state index contributed by atoms with van der Waals surface area (Å²) in [4.78, 5) is 27.9. The molecule has 1 aliphatic rings. The molecule has 220 valence electrons. The molecule has 0 spiro atoms. The number of hydrogen-bond donors (Lipinski definition) is 0. The third-order valence-corrected chi connectivity index (χ3v) is 7.36. The maximum atomic E-state index is 14.0. The van der Waals surface area contributed by atoms with E-state index in [4.69, 9.17) is 24.1 Å². The smallest absolute Gasteiger partial charge is 0.256 e. The van der Waals surface area contributed by atoms with Gasteiger partial charge >= 0.3 is 0 Å². The number of carbonyl (C=O) groups is 1. The number of aromatic nitrogens is 4. The molecule has 1 fully saturated rings. The van der Waals surface area contributed by atoms with Crippen LogP contribution in [0, 0.1) is 18.8 Å². The van der Waals surface area contributed by atoms with Crippen molar-refractivity contribution in [3.05, 3.63) is 83.7 Å². The SMILES string of the molecule is COCCN1C[C@@H](CC(=O)Cc2c(C)c(-c3cnc(OC)c(OC)c3)nn2-c2ccccc2)[C@H](c2ccnc(F)c2)O1. The lowest BCUT2D eigenvalue weighted by Gasteiger charge is -2.17. The van der Waals surface area contributed by atoms with E-state index in [-0.39, 0.29) is 24.5 Å².